The minimum Gasteiger partial charge on any atom is -0.445 e. The first-order valence-electron chi connectivity index (χ1n) is 21.5. The van der Waals surface area contributed by atoms with E-state index < -0.39 is 136 Å². The van der Waals surface area contributed by atoms with Crippen LogP contribution in [0, 0.1) is 0 Å². The third kappa shape index (κ3) is 12.7. The molecule has 18 atom stereocenters. The van der Waals surface area contributed by atoms with E-state index in [2.05, 4.69) is 50.1 Å². The molecule has 1 aliphatic carbocycles. The van der Waals surface area contributed by atoms with Gasteiger partial charge in [-0.15, -0.1) is 0 Å². The Kier molecular flexibility index (Phi) is 19.2. The summed E-state index contributed by atoms with van der Waals surface area (Å²) in [6.07, 6.45) is -22.9. The molecule has 4 aliphatic rings. The number of nitrogens with zero attached hydrogens (tertiary/aromatic N) is 16. The van der Waals surface area contributed by atoms with Gasteiger partial charge in [0.15, 0.2) is 18.9 Å². The van der Waals surface area contributed by atoms with Crippen molar-refractivity contribution < 1.29 is 67.9 Å². The number of amides is 1. The Morgan fingerprint density at radius 1 is 0.681 bits per heavy atom. The van der Waals surface area contributed by atoms with Crippen molar-refractivity contribution in [2.75, 3.05) is 19.8 Å². The fourth-order valence-electron chi connectivity index (χ4n) is 8.59. The molecular weight excluding hydrogens is 920 g/mol. The van der Waals surface area contributed by atoms with Crippen molar-refractivity contribution in [2.45, 2.75) is 143 Å². The standard InChI is InChI=1S/C39H49FN16O13/c40-14-24(56(16-19-7-3-1-4-8-19)39(62)63-18-20-9-5-2-6-10-20)25-12-11-21(47-52-42)36(64-25)67-33-23(49-54-44)13-22(48-53-43)29(58)35(33)69-38-32(61)34(27(17-57)66-38)68-37-28(50-55-45)31(60)30(59)26(65-37)15-46-51-41/h1-10,21-38,57-61H,11-18H2/t21-,22-,23+,24-,25+,26+,27-,28-,29+,30-,31-,32-,33-,34-,35-,36-,37?,38+/m1/s1. The number of hydrogen-bond donors (Lipinski definition) is 5. The topological polar surface area (TPSA) is 430 Å². The summed E-state index contributed by atoms with van der Waals surface area (Å²) >= 11 is 0. The van der Waals surface area contributed by atoms with Gasteiger partial charge < -0.3 is 58.7 Å². The minimum atomic E-state index is -1.93. The number of aliphatic hydroxyl groups is 5. The number of ether oxygens (including phenoxy) is 7. The molecule has 1 amide bonds. The summed E-state index contributed by atoms with van der Waals surface area (Å²) in [5, 5.41) is 73.2. The lowest BCUT2D eigenvalue weighted by Crippen LogP contribution is -2.61. The van der Waals surface area contributed by atoms with E-state index in [1.54, 1.807) is 60.7 Å². The van der Waals surface area contributed by atoms with Crippen LogP contribution in [0.4, 0.5) is 9.18 Å². The molecule has 2 aromatic rings. The summed E-state index contributed by atoms with van der Waals surface area (Å²) in [4.78, 5) is 28.9. The van der Waals surface area contributed by atoms with Crippen LogP contribution in [-0.2, 0) is 46.3 Å². The molecule has 1 saturated carbocycles. The highest BCUT2D eigenvalue weighted by atomic mass is 19.1. The third-order valence-corrected chi connectivity index (χ3v) is 12.0. The summed E-state index contributed by atoms with van der Waals surface area (Å²) in [5.74, 6) is 0. The summed E-state index contributed by atoms with van der Waals surface area (Å²) < 4.78 is 57.4. The predicted octanol–water partition coefficient (Wildman–Crippen LogP) is 4.14. The van der Waals surface area contributed by atoms with Crippen molar-refractivity contribution in [3.8, 4) is 0 Å². The average molecular weight is 969 g/mol. The van der Waals surface area contributed by atoms with Gasteiger partial charge in [0.1, 0.15) is 49.8 Å². The van der Waals surface area contributed by atoms with Crippen LogP contribution in [0.2, 0.25) is 0 Å². The number of alkyl halides is 1. The lowest BCUT2D eigenvalue weighted by atomic mass is 9.84. The summed E-state index contributed by atoms with van der Waals surface area (Å²) in [7, 11) is 0. The van der Waals surface area contributed by atoms with Gasteiger partial charge in [0.2, 0.25) is 0 Å². The van der Waals surface area contributed by atoms with Crippen molar-refractivity contribution in [1.82, 2.24) is 4.90 Å². The number of azide groups is 5. The zero-order valence-corrected chi connectivity index (χ0v) is 36.4. The van der Waals surface area contributed by atoms with E-state index in [0.717, 1.165) is 0 Å². The maximum Gasteiger partial charge on any atom is 0.410 e. The maximum absolute atomic E-state index is 15.5. The molecule has 4 fully saturated rings. The molecule has 69 heavy (non-hydrogen) atoms. The van der Waals surface area contributed by atoms with E-state index in [1.807, 2.05) is 0 Å². The first kappa shape index (κ1) is 52.1. The smallest absolute Gasteiger partial charge is 0.410 e. The Hall–Kier alpha value is -6.25. The van der Waals surface area contributed by atoms with Crippen molar-refractivity contribution in [1.29, 1.82) is 0 Å². The zero-order valence-electron chi connectivity index (χ0n) is 36.4. The molecule has 3 saturated heterocycles. The molecule has 3 aliphatic heterocycles. The third-order valence-electron chi connectivity index (χ3n) is 12.0. The molecule has 5 N–H and O–H groups in total. The number of aliphatic hydroxyl groups excluding tert-OH is 5. The largest absolute Gasteiger partial charge is 0.445 e. The highest BCUT2D eigenvalue weighted by molar-refractivity contribution is 5.68. The fourth-order valence-corrected chi connectivity index (χ4v) is 8.59. The summed E-state index contributed by atoms with van der Waals surface area (Å²) in [6.45, 7) is -2.77. The van der Waals surface area contributed by atoms with E-state index in [4.69, 9.17) is 38.7 Å². The summed E-state index contributed by atoms with van der Waals surface area (Å²) in [5.41, 5.74) is 48.0. The van der Waals surface area contributed by atoms with Crippen molar-refractivity contribution in [3.05, 3.63) is 124 Å². The van der Waals surface area contributed by atoms with Crippen molar-refractivity contribution in [3.63, 3.8) is 0 Å². The number of carbonyl (C=O) groups excluding carboxylic acids is 1. The fraction of sp³-hybridized carbons (Fsp3) is 0.667. The van der Waals surface area contributed by atoms with Crippen LogP contribution in [0.3, 0.4) is 0 Å². The van der Waals surface area contributed by atoms with Gasteiger partial charge in [-0.1, -0.05) is 86.2 Å². The second-order valence-corrected chi connectivity index (χ2v) is 16.2. The van der Waals surface area contributed by atoms with Crippen molar-refractivity contribution in [2.24, 2.45) is 25.6 Å². The first-order chi connectivity index (χ1) is 33.5. The van der Waals surface area contributed by atoms with E-state index in [1.165, 1.54) is 4.90 Å². The monoisotopic (exact) mass is 968 g/mol. The van der Waals surface area contributed by atoms with E-state index in [9.17, 15) is 52.5 Å². The second-order valence-electron chi connectivity index (χ2n) is 16.2. The molecule has 3 heterocycles. The summed E-state index contributed by atoms with van der Waals surface area (Å²) in [6, 6.07) is 10.7. The van der Waals surface area contributed by atoms with Crippen LogP contribution in [-0.4, -0.2) is 166 Å². The van der Waals surface area contributed by atoms with Crippen LogP contribution < -0.4 is 0 Å². The van der Waals surface area contributed by atoms with Crippen molar-refractivity contribution >= 4 is 6.09 Å². The molecule has 2 aromatic carbocycles. The molecule has 370 valence electrons. The SMILES string of the molecule is [N-]=[N+]=NC[C@@H]1OC(O[C@H]2[C@@H](O)[C@H](O[C@@H]3[C@@H](O)[C@H](N=[N+]=[N-])C[C@H](N=[N+]=[N-])[C@H]3O[C@H]3O[C@H]([C@@H](CF)N(Cc4ccccc4)C(=O)OCc4ccccc4)CC[C@H]3N=[N+]=[N-])O[C@@H]2CO)[C@H](N=[N+]=[N-])[C@@H](O)[C@@H]1O. The molecule has 29 nitrogen and oxygen atoms in total. The maximum atomic E-state index is 15.5. The normalized spacial score (nSPS) is 34.5. The van der Waals surface area contributed by atoms with E-state index in [-0.39, 0.29) is 32.4 Å². The van der Waals surface area contributed by atoms with Crippen LogP contribution in [0.5, 0.6) is 0 Å². The highest BCUT2D eigenvalue weighted by Crippen LogP contribution is 2.38. The first-order valence-corrected chi connectivity index (χ1v) is 21.5. The Bertz CT molecular complexity index is 2250. The number of benzene rings is 2. The zero-order chi connectivity index (χ0) is 49.5. The number of halogens is 1. The molecule has 0 bridgehead atoms. The quantitative estimate of drug-likeness (QED) is 0.0708. The predicted molar refractivity (Wildman–Crippen MR) is 230 cm³/mol. The molecular formula is C39H49FN16O13. The molecule has 1 unspecified atom stereocenters. The lowest BCUT2D eigenvalue weighted by Gasteiger charge is -2.46. The Morgan fingerprint density at radius 2 is 1.29 bits per heavy atom. The van der Waals surface area contributed by atoms with Crippen LogP contribution in [0.15, 0.2) is 86.2 Å². The Labute approximate surface area is 390 Å². The second kappa shape index (κ2) is 25.4. The van der Waals surface area contributed by atoms with Gasteiger partial charge >= 0.3 is 6.09 Å². The molecule has 0 spiro atoms. The van der Waals surface area contributed by atoms with Gasteiger partial charge in [-0.05, 0) is 58.0 Å². The van der Waals surface area contributed by atoms with Gasteiger partial charge in [-0.2, -0.15) is 0 Å². The molecule has 0 aromatic heterocycles. The number of hydrogen-bond acceptors (Lipinski definition) is 18. The number of rotatable bonds is 20. The van der Waals surface area contributed by atoms with Crippen LogP contribution >= 0.6 is 0 Å². The van der Waals surface area contributed by atoms with Crippen LogP contribution in [0.1, 0.15) is 30.4 Å². The van der Waals surface area contributed by atoms with Gasteiger partial charge in [0, 0.05) is 31.1 Å². The number of carbonyl (C=O) groups is 1. The lowest BCUT2D eigenvalue weighted by molar-refractivity contribution is -0.292. The van der Waals surface area contributed by atoms with Gasteiger partial charge in [0.05, 0.1) is 67.8 Å². The Balaban J connectivity index is 1.28. The van der Waals surface area contributed by atoms with E-state index >= 15 is 4.39 Å². The minimum absolute atomic E-state index is 0.000359. The Morgan fingerprint density at radius 3 is 1.93 bits per heavy atom. The van der Waals surface area contributed by atoms with Crippen LogP contribution in [0.25, 0.3) is 52.2 Å². The molecule has 6 rings (SSSR count). The van der Waals surface area contributed by atoms with Gasteiger partial charge in [-0.25, -0.2) is 9.18 Å². The molecule has 30 heteroatoms. The average Bonchev–Trinajstić information content (AvgIpc) is 3.66. The van der Waals surface area contributed by atoms with Gasteiger partial charge in [0.25, 0.3) is 0 Å². The van der Waals surface area contributed by atoms with Gasteiger partial charge in [-0.3, -0.25) is 4.90 Å². The van der Waals surface area contributed by atoms with E-state index in [0.29, 0.717) is 11.1 Å². The molecule has 0 radical (unpaired) electrons. The highest BCUT2D eigenvalue weighted by Gasteiger charge is 2.55.